The third-order valence-corrected chi connectivity index (χ3v) is 3.91. The molecule has 1 N–H and O–H groups in total. The lowest BCUT2D eigenvalue weighted by molar-refractivity contribution is -0.385. The van der Waals surface area contributed by atoms with Crippen LogP contribution in [0.25, 0.3) is 5.69 Å². The van der Waals surface area contributed by atoms with Crippen molar-refractivity contribution in [1.29, 1.82) is 0 Å². The molecule has 148 valence electrons. The van der Waals surface area contributed by atoms with E-state index in [1.807, 2.05) is 47.3 Å². The summed E-state index contributed by atoms with van der Waals surface area (Å²) in [5.41, 5.74) is 3.85. The fourth-order valence-electron chi connectivity index (χ4n) is 2.49. The van der Waals surface area contributed by atoms with Gasteiger partial charge in [0.15, 0.2) is 12.4 Å². The minimum atomic E-state index is -0.571. The Balaban J connectivity index is 1.53. The highest BCUT2D eigenvalue weighted by Gasteiger charge is 2.14. The Kier molecular flexibility index (Phi) is 6.21. The highest BCUT2D eigenvalue weighted by Crippen LogP contribution is 2.25. The summed E-state index contributed by atoms with van der Waals surface area (Å²) in [5, 5.41) is 14.8. The van der Waals surface area contributed by atoms with E-state index >= 15 is 0 Å². The normalized spacial score (nSPS) is 10.7. The predicted octanol–water partition coefficient (Wildman–Crippen LogP) is 2.92. The molecule has 0 aliphatic rings. The number of para-hydroxylation sites is 2. The van der Waals surface area contributed by atoms with Gasteiger partial charge in [0.25, 0.3) is 5.91 Å². The molecule has 0 aliphatic carbocycles. The molecule has 29 heavy (non-hydrogen) atoms. The van der Waals surface area contributed by atoms with Gasteiger partial charge in [0.2, 0.25) is 0 Å². The second kappa shape index (κ2) is 9.18. The smallest absolute Gasteiger partial charge is 0.310 e. The number of carbonyl (C=O) groups excluding carboxylic acids is 1. The molecule has 0 bridgehead atoms. The molecule has 3 aromatic rings. The van der Waals surface area contributed by atoms with E-state index in [1.54, 1.807) is 13.2 Å². The average molecular weight is 394 g/mol. The molecule has 0 fully saturated rings. The van der Waals surface area contributed by atoms with Gasteiger partial charge in [-0.1, -0.05) is 12.1 Å². The molecule has 9 nitrogen and oxygen atoms in total. The van der Waals surface area contributed by atoms with Crippen molar-refractivity contribution in [1.82, 2.24) is 9.99 Å². The van der Waals surface area contributed by atoms with Crippen molar-refractivity contribution in [2.24, 2.45) is 5.10 Å². The summed E-state index contributed by atoms with van der Waals surface area (Å²) in [6.07, 6.45) is 5.20. The van der Waals surface area contributed by atoms with Crippen LogP contribution in [0.15, 0.2) is 72.1 Å². The molecule has 3 rings (SSSR count). The third kappa shape index (κ3) is 5.19. The van der Waals surface area contributed by atoms with E-state index in [0.29, 0.717) is 0 Å². The highest BCUT2D eigenvalue weighted by molar-refractivity contribution is 5.83. The third-order valence-electron chi connectivity index (χ3n) is 3.91. The second-order valence-electron chi connectivity index (χ2n) is 5.86. The fraction of sp³-hybridized carbons (Fsp3) is 0.100. The zero-order valence-electron chi connectivity index (χ0n) is 15.5. The molecule has 0 radical (unpaired) electrons. The Bertz CT molecular complexity index is 1030. The Labute approximate surface area is 166 Å². The number of nitrogens with one attached hydrogen (secondary N) is 1. The number of nitro benzene ring substituents is 1. The van der Waals surface area contributed by atoms with Crippen LogP contribution in [-0.2, 0) is 4.79 Å². The molecule has 9 heteroatoms. The van der Waals surface area contributed by atoms with Crippen LogP contribution in [0.2, 0.25) is 0 Å². The fourth-order valence-corrected chi connectivity index (χ4v) is 2.49. The van der Waals surface area contributed by atoms with Crippen LogP contribution in [0.1, 0.15) is 5.56 Å². The maximum absolute atomic E-state index is 11.8. The summed E-state index contributed by atoms with van der Waals surface area (Å²) in [6, 6.07) is 15.2. The number of benzene rings is 2. The van der Waals surface area contributed by atoms with Gasteiger partial charge in [-0.05, 0) is 36.4 Å². The SMILES string of the molecule is COc1ccc(-n2ccc(/C=N/NC(=O)COc3ccccc3[N+](=O)[O-])c2)cc1. The van der Waals surface area contributed by atoms with Crippen LogP contribution in [0, 0.1) is 10.1 Å². The number of carbonyl (C=O) groups is 1. The van der Waals surface area contributed by atoms with E-state index in [9.17, 15) is 14.9 Å². The average Bonchev–Trinajstić information content (AvgIpc) is 3.21. The number of hydrogen-bond donors (Lipinski definition) is 1. The largest absolute Gasteiger partial charge is 0.497 e. The van der Waals surface area contributed by atoms with Crippen molar-refractivity contribution >= 4 is 17.8 Å². The van der Waals surface area contributed by atoms with E-state index in [1.165, 1.54) is 24.4 Å². The summed E-state index contributed by atoms with van der Waals surface area (Å²) in [6.45, 7) is -0.394. The lowest BCUT2D eigenvalue weighted by atomic mass is 10.3. The summed E-state index contributed by atoms with van der Waals surface area (Å²) < 4.78 is 12.2. The second-order valence-corrected chi connectivity index (χ2v) is 5.86. The van der Waals surface area contributed by atoms with Gasteiger partial charge in [0, 0.05) is 29.7 Å². The Morgan fingerprint density at radius 2 is 1.97 bits per heavy atom. The number of hydrogen-bond acceptors (Lipinski definition) is 6. The number of amides is 1. The molecule has 1 heterocycles. The number of ether oxygens (including phenoxy) is 2. The number of rotatable bonds is 8. The molecule has 1 amide bonds. The molecule has 2 aromatic carbocycles. The summed E-state index contributed by atoms with van der Waals surface area (Å²) in [7, 11) is 1.61. The minimum Gasteiger partial charge on any atom is -0.497 e. The first-order valence-electron chi connectivity index (χ1n) is 8.57. The van der Waals surface area contributed by atoms with E-state index in [0.717, 1.165) is 17.0 Å². The summed E-state index contributed by atoms with van der Waals surface area (Å²) in [5.74, 6) is 0.260. The monoisotopic (exact) mass is 394 g/mol. The zero-order valence-corrected chi connectivity index (χ0v) is 15.5. The topological polar surface area (TPSA) is 108 Å². The van der Waals surface area contributed by atoms with Gasteiger partial charge in [0.1, 0.15) is 5.75 Å². The summed E-state index contributed by atoms with van der Waals surface area (Å²) in [4.78, 5) is 22.2. The predicted molar refractivity (Wildman–Crippen MR) is 107 cm³/mol. The number of methoxy groups -OCH3 is 1. The molecule has 0 saturated carbocycles. The van der Waals surface area contributed by atoms with Crippen LogP contribution in [-0.4, -0.2) is 35.3 Å². The van der Waals surface area contributed by atoms with E-state index in [-0.39, 0.29) is 11.4 Å². The van der Waals surface area contributed by atoms with Crippen molar-refractivity contribution in [3.63, 3.8) is 0 Å². The molecule has 0 spiro atoms. The van der Waals surface area contributed by atoms with E-state index in [2.05, 4.69) is 10.5 Å². The van der Waals surface area contributed by atoms with Gasteiger partial charge >= 0.3 is 5.69 Å². The summed E-state index contributed by atoms with van der Waals surface area (Å²) >= 11 is 0. The molecule has 0 atom stereocenters. The molecular formula is C20H18N4O5. The standard InChI is InChI=1S/C20H18N4O5/c1-28-17-8-6-16(7-9-17)23-11-10-15(13-23)12-21-22-20(25)14-29-19-5-3-2-4-18(19)24(26)27/h2-13H,14H2,1H3,(H,22,25)/b21-12+. The first kappa shape index (κ1) is 19.6. The van der Waals surface area contributed by atoms with Crippen molar-refractivity contribution in [2.45, 2.75) is 0 Å². The van der Waals surface area contributed by atoms with Crippen LogP contribution in [0.4, 0.5) is 5.69 Å². The number of nitrogens with zero attached hydrogens (tertiary/aromatic N) is 3. The molecule has 1 aromatic heterocycles. The highest BCUT2D eigenvalue weighted by atomic mass is 16.6. The molecular weight excluding hydrogens is 376 g/mol. The zero-order chi connectivity index (χ0) is 20.6. The maximum Gasteiger partial charge on any atom is 0.310 e. The number of nitro groups is 1. The Hall–Kier alpha value is -4.14. The van der Waals surface area contributed by atoms with Crippen molar-refractivity contribution in [3.05, 3.63) is 82.7 Å². The van der Waals surface area contributed by atoms with Gasteiger partial charge in [0.05, 0.1) is 18.2 Å². The number of hydrazone groups is 1. The van der Waals surface area contributed by atoms with Crippen LogP contribution >= 0.6 is 0 Å². The lowest BCUT2D eigenvalue weighted by Gasteiger charge is -2.05. The van der Waals surface area contributed by atoms with Crippen molar-refractivity contribution in [3.8, 4) is 17.2 Å². The van der Waals surface area contributed by atoms with Gasteiger partial charge in [-0.15, -0.1) is 0 Å². The van der Waals surface area contributed by atoms with Gasteiger partial charge < -0.3 is 14.0 Å². The molecule has 0 unspecified atom stereocenters. The Morgan fingerprint density at radius 1 is 1.21 bits per heavy atom. The van der Waals surface area contributed by atoms with Gasteiger partial charge in [-0.25, -0.2) is 5.43 Å². The quantitative estimate of drug-likeness (QED) is 0.359. The first-order chi connectivity index (χ1) is 14.1. The van der Waals surface area contributed by atoms with Crippen LogP contribution in [0.3, 0.4) is 0 Å². The van der Waals surface area contributed by atoms with Crippen molar-refractivity contribution < 1.29 is 19.2 Å². The first-order valence-corrected chi connectivity index (χ1v) is 8.57. The maximum atomic E-state index is 11.8. The number of aromatic nitrogens is 1. The Morgan fingerprint density at radius 3 is 2.69 bits per heavy atom. The van der Waals surface area contributed by atoms with E-state index < -0.39 is 17.4 Å². The van der Waals surface area contributed by atoms with Crippen LogP contribution in [0.5, 0.6) is 11.5 Å². The minimum absolute atomic E-state index is 0.0215. The van der Waals surface area contributed by atoms with Crippen molar-refractivity contribution in [2.75, 3.05) is 13.7 Å². The van der Waals surface area contributed by atoms with E-state index in [4.69, 9.17) is 9.47 Å². The van der Waals surface area contributed by atoms with Gasteiger partial charge in [-0.3, -0.25) is 14.9 Å². The van der Waals surface area contributed by atoms with Crippen LogP contribution < -0.4 is 14.9 Å². The molecule has 0 saturated heterocycles. The molecule has 0 aliphatic heterocycles. The lowest BCUT2D eigenvalue weighted by Crippen LogP contribution is -2.24. The van der Waals surface area contributed by atoms with Gasteiger partial charge in [-0.2, -0.15) is 5.10 Å².